The van der Waals surface area contributed by atoms with Crippen molar-refractivity contribution in [1.82, 2.24) is 4.90 Å². The van der Waals surface area contributed by atoms with Crippen molar-refractivity contribution >= 4 is 26.5 Å². The van der Waals surface area contributed by atoms with Gasteiger partial charge in [0.05, 0.1) is 0 Å². The molecular formula is C3H6INO. The Labute approximate surface area is 50.7 Å². The van der Waals surface area contributed by atoms with E-state index < -0.39 is 0 Å². The summed E-state index contributed by atoms with van der Waals surface area (Å²) < 4.78 is 0.0626. The first-order valence-corrected chi connectivity index (χ1v) is 2.59. The van der Waals surface area contributed by atoms with Crippen LogP contribution < -0.4 is 0 Å². The van der Waals surface area contributed by atoms with Gasteiger partial charge in [0.1, 0.15) is 0 Å². The topological polar surface area (TPSA) is 20.3 Å². The van der Waals surface area contributed by atoms with E-state index in [4.69, 9.17) is 0 Å². The number of halogens is 1. The Bertz CT molecular complexity index is 61.8. The molecule has 6 heavy (non-hydrogen) atoms. The quantitative estimate of drug-likeness (QED) is 0.325. The van der Waals surface area contributed by atoms with Crippen LogP contribution in [0.25, 0.3) is 0 Å². The summed E-state index contributed by atoms with van der Waals surface area (Å²) in [5.41, 5.74) is 0. The number of carbonyl (C=O) groups is 1. The van der Waals surface area contributed by atoms with Gasteiger partial charge in [-0.05, 0) is 0 Å². The molecule has 0 radical (unpaired) electrons. The fourth-order valence-electron chi connectivity index (χ4n) is 0. The van der Waals surface area contributed by atoms with Gasteiger partial charge in [-0.2, -0.15) is 0 Å². The number of carbonyl (C=O) groups excluding carboxylic acids is 1. The molecule has 2 nitrogen and oxygen atoms in total. The smallest absolute Gasteiger partial charge is 0.282 e. The van der Waals surface area contributed by atoms with Gasteiger partial charge in [-0.25, -0.2) is 0 Å². The van der Waals surface area contributed by atoms with Crippen molar-refractivity contribution in [2.24, 2.45) is 0 Å². The van der Waals surface area contributed by atoms with Crippen LogP contribution >= 0.6 is 22.6 Å². The number of hydrogen-bond acceptors (Lipinski definition) is 1. The Morgan fingerprint density at radius 2 is 1.83 bits per heavy atom. The van der Waals surface area contributed by atoms with Gasteiger partial charge in [0.25, 0.3) is 3.91 Å². The van der Waals surface area contributed by atoms with Crippen LogP contribution in [0.1, 0.15) is 0 Å². The summed E-state index contributed by atoms with van der Waals surface area (Å²) >= 11 is 1.72. The van der Waals surface area contributed by atoms with E-state index in [1.165, 1.54) is 4.90 Å². The lowest BCUT2D eigenvalue weighted by molar-refractivity contribution is 0.244. The highest BCUT2D eigenvalue weighted by atomic mass is 127. The zero-order valence-electron chi connectivity index (χ0n) is 3.73. The molecule has 0 aliphatic rings. The zero-order valence-corrected chi connectivity index (χ0v) is 5.89. The van der Waals surface area contributed by atoms with Crippen molar-refractivity contribution in [1.29, 1.82) is 0 Å². The van der Waals surface area contributed by atoms with Gasteiger partial charge in [-0.1, -0.05) is 0 Å². The molecule has 0 fully saturated rings. The van der Waals surface area contributed by atoms with Crippen molar-refractivity contribution in [2.45, 2.75) is 0 Å². The highest BCUT2D eigenvalue weighted by Gasteiger charge is 1.90. The Hall–Kier alpha value is 0.200. The highest BCUT2D eigenvalue weighted by molar-refractivity contribution is 14.1. The Kier molecular flexibility index (Phi) is 2.47. The maximum atomic E-state index is 10.1. The monoisotopic (exact) mass is 199 g/mol. The first-order valence-electron chi connectivity index (χ1n) is 1.51. The Morgan fingerprint density at radius 3 is 1.83 bits per heavy atom. The second-order valence-electron chi connectivity index (χ2n) is 1.15. The number of hydrogen-bond donors (Lipinski definition) is 0. The van der Waals surface area contributed by atoms with E-state index in [9.17, 15) is 4.79 Å². The summed E-state index contributed by atoms with van der Waals surface area (Å²) in [6.45, 7) is 0. The van der Waals surface area contributed by atoms with Crippen LogP contribution in [0.5, 0.6) is 0 Å². The van der Waals surface area contributed by atoms with Crippen molar-refractivity contribution in [3.8, 4) is 0 Å². The maximum absolute atomic E-state index is 10.1. The van der Waals surface area contributed by atoms with Gasteiger partial charge < -0.3 is 4.90 Å². The van der Waals surface area contributed by atoms with Gasteiger partial charge in [-0.15, -0.1) is 0 Å². The van der Waals surface area contributed by atoms with E-state index in [1.807, 2.05) is 0 Å². The third kappa shape index (κ3) is 2.44. The first-order chi connectivity index (χ1) is 2.64. The van der Waals surface area contributed by atoms with Gasteiger partial charge in [0, 0.05) is 36.7 Å². The van der Waals surface area contributed by atoms with Crippen LogP contribution in [0.2, 0.25) is 0 Å². The summed E-state index contributed by atoms with van der Waals surface area (Å²) in [6, 6.07) is 0. The molecule has 0 aromatic rings. The summed E-state index contributed by atoms with van der Waals surface area (Å²) in [4.78, 5) is 11.6. The standard InChI is InChI=1S/C3H6INO/c1-5(2)3(4)6/h1-2H3. The lowest BCUT2D eigenvalue weighted by atomic mass is 11.0. The van der Waals surface area contributed by atoms with E-state index >= 15 is 0 Å². The molecule has 1 amide bonds. The third-order valence-corrected chi connectivity index (χ3v) is 1.32. The minimum atomic E-state index is 0.0626. The molecule has 0 aromatic heterocycles. The molecule has 0 heterocycles. The fraction of sp³-hybridized carbons (Fsp3) is 0.667. The van der Waals surface area contributed by atoms with Crippen LogP contribution in [0.4, 0.5) is 4.79 Å². The Balaban J connectivity index is 3.26. The van der Waals surface area contributed by atoms with Crippen LogP contribution in [0.3, 0.4) is 0 Å². The molecular weight excluding hydrogens is 193 g/mol. The van der Waals surface area contributed by atoms with Gasteiger partial charge in [-0.3, -0.25) is 4.79 Å². The van der Waals surface area contributed by atoms with E-state index in [2.05, 4.69) is 0 Å². The van der Waals surface area contributed by atoms with Crippen molar-refractivity contribution in [3.05, 3.63) is 0 Å². The summed E-state index contributed by atoms with van der Waals surface area (Å²) in [6.07, 6.45) is 0. The normalized spacial score (nSPS) is 7.83. The van der Waals surface area contributed by atoms with Crippen LogP contribution in [0.15, 0.2) is 0 Å². The van der Waals surface area contributed by atoms with E-state index in [-0.39, 0.29) is 3.91 Å². The molecule has 0 saturated carbocycles. The minimum absolute atomic E-state index is 0.0626. The first kappa shape index (κ1) is 6.20. The second kappa shape index (κ2) is 2.39. The van der Waals surface area contributed by atoms with E-state index in [0.717, 1.165) is 0 Å². The predicted molar refractivity (Wildman–Crippen MR) is 33.1 cm³/mol. The summed E-state index contributed by atoms with van der Waals surface area (Å²) in [7, 11) is 3.43. The minimum Gasteiger partial charge on any atom is -0.340 e. The molecule has 0 atom stereocenters. The van der Waals surface area contributed by atoms with Crippen LogP contribution in [-0.2, 0) is 0 Å². The second-order valence-corrected chi connectivity index (χ2v) is 2.07. The number of rotatable bonds is 0. The predicted octanol–water partition coefficient (Wildman–Crippen LogP) is 1.10. The van der Waals surface area contributed by atoms with Gasteiger partial charge in [0.2, 0.25) is 0 Å². The molecule has 0 bridgehead atoms. The number of amides is 1. The molecule has 0 saturated heterocycles. The van der Waals surface area contributed by atoms with E-state index in [0.29, 0.717) is 0 Å². The molecule has 0 aliphatic carbocycles. The summed E-state index contributed by atoms with van der Waals surface area (Å²) in [5, 5.41) is 0. The maximum Gasteiger partial charge on any atom is 0.282 e. The SMILES string of the molecule is CN(C)C(=O)I. The van der Waals surface area contributed by atoms with Gasteiger partial charge >= 0.3 is 0 Å². The van der Waals surface area contributed by atoms with Gasteiger partial charge in [0.15, 0.2) is 0 Å². The molecule has 0 rings (SSSR count). The van der Waals surface area contributed by atoms with Crippen molar-refractivity contribution in [3.63, 3.8) is 0 Å². The largest absolute Gasteiger partial charge is 0.340 e. The molecule has 3 heteroatoms. The summed E-state index contributed by atoms with van der Waals surface area (Å²) in [5.74, 6) is 0. The molecule has 0 spiro atoms. The molecule has 0 N–H and O–H groups in total. The third-order valence-electron chi connectivity index (χ3n) is 0.352. The van der Waals surface area contributed by atoms with Crippen LogP contribution in [-0.4, -0.2) is 22.9 Å². The lowest BCUT2D eigenvalue weighted by Crippen LogP contribution is -2.12. The average Bonchev–Trinajstić information content (AvgIpc) is 1.36. The molecule has 0 unspecified atom stereocenters. The lowest BCUT2D eigenvalue weighted by Gasteiger charge is -2.00. The fourth-order valence-corrected chi connectivity index (χ4v) is 0. The van der Waals surface area contributed by atoms with Crippen molar-refractivity contribution < 1.29 is 4.79 Å². The molecule has 0 aliphatic heterocycles. The molecule has 0 aromatic carbocycles. The van der Waals surface area contributed by atoms with Crippen LogP contribution in [0, 0.1) is 0 Å². The van der Waals surface area contributed by atoms with Crippen molar-refractivity contribution in [2.75, 3.05) is 14.1 Å². The average molecular weight is 199 g/mol. The molecule has 36 valence electrons. The zero-order chi connectivity index (χ0) is 5.15. The van der Waals surface area contributed by atoms with E-state index in [1.54, 1.807) is 36.7 Å². The highest BCUT2D eigenvalue weighted by Crippen LogP contribution is 1.89. The number of nitrogens with zero attached hydrogens (tertiary/aromatic N) is 1. The Morgan fingerprint density at radius 1 is 1.67 bits per heavy atom.